The van der Waals surface area contributed by atoms with Crippen LogP contribution in [0.25, 0.3) is 0 Å². The number of alkyl halides is 4. The zero-order valence-electron chi connectivity index (χ0n) is 5.98. The van der Waals surface area contributed by atoms with Gasteiger partial charge in [-0.3, -0.25) is 0 Å². The molecule has 2 nitrogen and oxygen atoms in total. The Morgan fingerprint density at radius 3 is 2.50 bits per heavy atom. The Balaban J connectivity index is 2.64. The second kappa shape index (κ2) is 3.12. The summed E-state index contributed by atoms with van der Waals surface area (Å²) >= 11 is 0. The van der Waals surface area contributed by atoms with Gasteiger partial charge in [-0.25, -0.2) is 9.37 Å². The summed E-state index contributed by atoms with van der Waals surface area (Å²) in [6.45, 7) is -0.856. The van der Waals surface area contributed by atoms with E-state index in [-0.39, 0.29) is 5.69 Å². The first kappa shape index (κ1) is 9.02. The van der Waals surface area contributed by atoms with Crippen LogP contribution in [0.4, 0.5) is 17.6 Å². The minimum atomic E-state index is -4.28. The Morgan fingerprint density at radius 1 is 1.42 bits per heavy atom. The smallest absolute Gasteiger partial charge is 0.309 e. The molecule has 0 amide bonds. The molecule has 12 heavy (non-hydrogen) atoms. The lowest BCUT2D eigenvalue weighted by molar-refractivity contribution is -0.127. The van der Waals surface area contributed by atoms with Gasteiger partial charge in [-0.1, -0.05) is 0 Å². The molecule has 0 atom stereocenters. The highest BCUT2D eigenvalue weighted by Gasteiger charge is 2.28. The van der Waals surface area contributed by atoms with Gasteiger partial charge < -0.3 is 4.57 Å². The minimum Gasteiger partial charge on any atom is -0.309 e. The van der Waals surface area contributed by atoms with E-state index in [0.29, 0.717) is 0 Å². The maximum absolute atomic E-state index is 11.8. The van der Waals surface area contributed by atoms with E-state index < -0.39 is 19.4 Å². The lowest BCUT2D eigenvalue weighted by Crippen LogP contribution is -2.11. The summed E-state index contributed by atoms with van der Waals surface area (Å²) in [7, 11) is 0. The van der Waals surface area contributed by atoms with Gasteiger partial charge in [-0.05, 0) is 0 Å². The fourth-order valence-electron chi connectivity index (χ4n) is 0.768. The Kier molecular flexibility index (Phi) is 2.35. The van der Waals surface area contributed by atoms with Gasteiger partial charge in [-0.15, -0.1) is 0 Å². The van der Waals surface area contributed by atoms with Crippen molar-refractivity contribution in [3.05, 3.63) is 18.2 Å². The summed E-state index contributed by atoms with van der Waals surface area (Å²) in [5, 5.41) is 0. The van der Waals surface area contributed by atoms with Gasteiger partial charge in [0.2, 0.25) is 0 Å². The van der Waals surface area contributed by atoms with Crippen molar-refractivity contribution in [2.75, 3.05) is 0 Å². The Labute approximate surface area is 65.8 Å². The zero-order valence-corrected chi connectivity index (χ0v) is 5.98. The van der Waals surface area contributed by atoms with Crippen molar-refractivity contribution in [2.45, 2.75) is 19.4 Å². The van der Waals surface area contributed by atoms with E-state index in [9.17, 15) is 17.6 Å². The van der Waals surface area contributed by atoms with Gasteiger partial charge in [-0.2, -0.15) is 13.2 Å². The standard InChI is InChI=1S/C6H6F4N2/c7-3-12-2-5(11-4-12)1-6(8,9)10/h2,4H,1,3H2. The van der Waals surface area contributed by atoms with Gasteiger partial charge in [0.15, 0.2) is 6.80 Å². The van der Waals surface area contributed by atoms with E-state index in [2.05, 4.69) is 4.98 Å². The zero-order chi connectivity index (χ0) is 9.19. The summed E-state index contributed by atoms with van der Waals surface area (Å²) in [5.41, 5.74) is -0.167. The third-order valence-corrected chi connectivity index (χ3v) is 1.21. The monoisotopic (exact) mass is 182 g/mol. The topological polar surface area (TPSA) is 17.8 Å². The molecule has 0 saturated carbocycles. The van der Waals surface area contributed by atoms with Crippen molar-refractivity contribution >= 4 is 0 Å². The van der Waals surface area contributed by atoms with E-state index in [0.717, 1.165) is 17.1 Å². The number of aromatic nitrogens is 2. The molecule has 68 valence electrons. The molecule has 0 spiro atoms. The molecule has 1 heterocycles. The first-order chi connectivity index (χ1) is 5.51. The van der Waals surface area contributed by atoms with Crippen LogP contribution in [0, 0.1) is 0 Å². The number of hydrogen-bond acceptors (Lipinski definition) is 1. The maximum Gasteiger partial charge on any atom is 0.394 e. The molecule has 0 aliphatic heterocycles. The van der Waals surface area contributed by atoms with Gasteiger partial charge in [0.25, 0.3) is 0 Å². The van der Waals surface area contributed by atoms with E-state index >= 15 is 0 Å². The van der Waals surface area contributed by atoms with Crippen LogP contribution >= 0.6 is 0 Å². The van der Waals surface area contributed by atoms with Crippen LogP contribution in [0.2, 0.25) is 0 Å². The average molecular weight is 182 g/mol. The van der Waals surface area contributed by atoms with Crippen LogP contribution in [-0.2, 0) is 13.2 Å². The highest BCUT2D eigenvalue weighted by molar-refractivity contribution is 4.98. The van der Waals surface area contributed by atoms with Crippen LogP contribution in [0.1, 0.15) is 5.69 Å². The van der Waals surface area contributed by atoms with Crippen LogP contribution in [0.5, 0.6) is 0 Å². The highest BCUT2D eigenvalue weighted by atomic mass is 19.4. The Hall–Kier alpha value is -1.07. The number of hydrogen-bond donors (Lipinski definition) is 0. The van der Waals surface area contributed by atoms with E-state index in [1.165, 1.54) is 0 Å². The Bertz CT molecular complexity index is 252. The molecular formula is C6H6F4N2. The number of nitrogens with zero attached hydrogens (tertiary/aromatic N) is 2. The molecule has 0 unspecified atom stereocenters. The van der Waals surface area contributed by atoms with Gasteiger partial charge in [0, 0.05) is 6.20 Å². The maximum atomic E-state index is 11.8. The molecule has 0 radical (unpaired) electrons. The number of imidazole rings is 1. The lowest BCUT2D eigenvalue weighted by atomic mass is 10.3. The van der Waals surface area contributed by atoms with E-state index in [4.69, 9.17) is 0 Å². The summed E-state index contributed by atoms with van der Waals surface area (Å²) in [6, 6.07) is 0. The van der Waals surface area contributed by atoms with Crippen molar-refractivity contribution in [3.63, 3.8) is 0 Å². The van der Waals surface area contributed by atoms with Gasteiger partial charge in [0.05, 0.1) is 18.4 Å². The third kappa shape index (κ3) is 2.52. The van der Waals surface area contributed by atoms with Gasteiger partial charge >= 0.3 is 6.18 Å². The van der Waals surface area contributed by atoms with E-state index in [1.54, 1.807) is 0 Å². The molecule has 0 aliphatic rings. The predicted molar refractivity (Wildman–Crippen MR) is 33.1 cm³/mol. The minimum absolute atomic E-state index is 0.167. The first-order valence-corrected chi connectivity index (χ1v) is 3.14. The summed E-state index contributed by atoms with van der Waals surface area (Å²) in [4.78, 5) is 3.38. The van der Waals surface area contributed by atoms with E-state index in [1.807, 2.05) is 0 Å². The lowest BCUT2D eigenvalue weighted by Gasteiger charge is -2.01. The highest BCUT2D eigenvalue weighted by Crippen LogP contribution is 2.19. The summed E-state index contributed by atoms with van der Waals surface area (Å²) in [6.07, 6.45) is -3.33. The molecule has 0 aromatic carbocycles. The van der Waals surface area contributed by atoms with Crippen molar-refractivity contribution in [1.29, 1.82) is 0 Å². The molecule has 1 aromatic heterocycles. The molecule has 1 aromatic rings. The fraction of sp³-hybridized carbons (Fsp3) is 0.500. The quantitative estimate of drug-likeness (QED) is 0.639. The van der Waals surface area contributed by atoms with Crippen LogP contribution < -0.4 is 0 Å². The molecule has 0 aliphatic carbocycles. The first-order valence-electron chi connectivity index (χ1n) is 3.14. The fourth-order valence-corrected chi connectivity index (χ4v) is 0.768. The number of rotatable bonds is 2. The summed E-state index contributed by atoms with van der Waals surface area (Å²) in [5.74, 6) is 0. The van der Waals surface area contributed by atoms with Crippen LogP contribution in [-0.4, -0.2) is 15.7 Å². The predicted octanol–water partition coefficient (Wildman–Crippen LogP) is 1.91. The second-order valence-electron chi connectivity index (χ2n) is 2.29. The molecule has 0 fully saturated rings. The molecule has 1 rings (SSSR count). The Morgan fingerprint density at radius 2 is 2.08 bits per heavy atom. The molecule has 0 saturated heterocycles. The molecular weight excluding hydrogens is 176 g/mol. The van der Waals surface area contributed by atoms with Crippen molar-refractivity contribution in [1.82, 2.24) is 9.55 Å². The van der Waals surface area contributed by atoms with Crippen molar-refractivity contribution in [3.8, 4) is 0 Å². The molecule has 6 heteroatoms. The average Bonchev–Trinajstić information content (AvgIpc) is 2.32. The van der Waals surface area contributed by atoms with Crippen LogP contribution in [0.15, 0.2) is 12.5 Å². The molecule has 0 bridgehead atoms. The second-order valence-corrected chi connectivity index (χ2v) is 2.29. The number of halogens is 4. The SMILES string of the molecule is FCn1cnc(CC(F)(F)F)c1. The van der Waals surface area contributed by atoms with Crippen molar-refractivity contribution < 1.29 is 17.6 Å². The van der Waals surface area contributed by atoms with Crippen molar-refractivity contribution in [2.24, 2.45) is 0 Å². The third-order valence-electron chi connectivity index (χ3n) is 1.21. The van der Waals surface area contributed by atoms with Gasteiger partial charge in [0.1, 0.15) is 0 Å². The largest absolute Gasteiger partial charge is 0.394 e. The molecule has 0 N–H and O–H groups in total. The van der Waals surface area contributed by atoms with Crippen LogP contribution in [0.3, 0.4) is 0 Å². The summed E-state index contributed by atoms with van der Waals surface area (Å²) < 4.78 is 47.9. The normalized spacial score (nSPS) is 12.0.